The molecule has 0 spiro atoms. The van der Waals surface area contributed by atoms with Crippen LogP contribution in [-0.4, -0.2) is 42.1 Å². The molecule has 1 aliphatic heterocycles. The molecule has 0 amide bonds. The Bertz CT molecular complexity index is 439. The molecule has 1 aromatic rings. The quantitative estimate of drug-likeness (QED) is 0.802. The molecule has 5 nitrogen and oxygen atoms in total. The topological polar surface area (TPSA) is 76.0 Å². The van der Waals surface area contributed by atoms with Crippen molar-refractivity contribution in [3.63, 3.8) is 0 Å². The minimum atomic E-state index is -0.881. The van der Waals surface area contributed by atoms with Crippen LogP contribution in [0.2, 0.25) is 0 Å². The van der Waals surface area contributed by atoms with Crippen LogP contribution in [0.25, 0.3) is 0 Å². The summed E-state index contributed by atoms with van der Waals surface area (Å²) in [5, 5.41) is 19.5. The van der Waals surface area contributed by atoms with Crippen molar-refractivity contribution in [1.29, 1.82) is 0 Å². The molecule has 0 aromatic heterocycles. The number of ether oxygens (including phenoxy) is 2. The standard InChI is InChI=1S/C16H22O5/c17-14(12-21-11-13-4-2-1-3-5-13)10-16(15(18)19)6-8-20-9-7-16/h1-5,14,17H,6-12H2,(H,18,19). The Morgan fingerprint density at radius 3 is 2.57 bits per heavy atom. The monoisotopic (exact) mass is 294 g/mol. The summed E-state index contributed by atoms with van der Waals surface area (Å²) in [6.07, 6.45) is 0.319. The highest BCUT2D eigenvalue weighted by Crippen LogP contribution is 2.35. The minimum Gasteiger partial charge on any atom is -0.481 e. The lowest BCUT2D eigenvalue weighted by Crippen LogP contribution is -2.40. The second kappa shape index (κ2) is 7.54. The molecule has 1 unspecified atom stereocenters. The first-order chi connectivity index (χ1) is 10.1. The van der Waals surface area contributed by atoms with E-state index in [2.05, 4.69) is 0 Å². The Kier molecular flexibility index (Phi) is 5.73. The van der Waals surface area contributed by atoms with Crippen molar-refractivity contribution < 1.29 is 24.5 Å². The number of rotatable bonds is 7. The lowest BCUT2D eigenvalue weighted by atomic mass is 9.76. The molecule has 0 bridgehead atoms. The summed E-state index contributed by atoms with van der Waals surface area (Å²) in [4.78, 5) is 11.5. The van der Waals surface area contributed by atoms with Crippen LogP contribution < -0.4 is 0 Å². The van der Waals surface area contributed by atoms with Crippen molar-refractivity contribution in [1.82, 2.24) is 0 Å². The number of hydrogen-bond donors (Lipinski definition) is 2. The normalized spacial score (nSPS) is 19.1. The SMILES string of the molecule is O=C(O)C1(CC(O)COCc2ccccc2)CCOCC1. The summed E-state index contributed by atoms with van der Waals surface area (Å²) in [7, 11) is 0. The van der Waals surface area contributed by atoms with Crippen molar-refractivity contribution in [2.45, 2.75) is 32.0 Å². The average molecular weight is 294 g/mol. The van der Waals surface area contributed by atoms with E-state index < -0.39 is 17.5 Å². The highest BCUT2D eigenvalue weighted by atomic mass is 16.5. The highest BCUT2D eigenvalue weighted by Gasteiger charge is 2.41. The van der Waals surface area contributed by atoms with E-state index in [4.69, 9.17) is 9.47 Å². The summed E-state index contributed by atoms with van der Waals surface area (Å²) < 4.78 is 10.7. The molecule has 116 valence electrons. The minimum absolute atomic E-state index is 0.144. The van der Waals surface area contributed by atoms with Crippen molar-refractivity contribution in [2.24, 2.45) is 5.41 Å². The largest absolute Gasteiger partial charge is 0.481 e. The van der Waals surface area contributed by atoms with E-state index in [1.54, 1.807) is 0 Å². The van der Waals surface area contributed by atoms with E-state index in [-0.39, 0.29) is 13.0 Å². The van der Waals surface area contributed by atoms with Crippen molar-refractivity contribution in [3.05, 3.63) is 35.9 Å². The van der Waals surface area contributed by atoms with Gasteiger partial charge in [0.2, 0.25) is 0 Å². The zero-order valence-corrected chi connectivity index (χ0v) is 12.0. The van der Waals surface area contributed by atoms with Gasteiger partial charge in [-0.25, -0.2) is 0 Å². The predicted octanol–water partition coefficient (Wildman–Crippen LogP) is 1.84. The van der Waals surface area contributed by atoms with Gasteiger partial charge < -0.3 is 19.7 Å². The highest BCUT2D eigenvalue weighted by molar-refractivity contribution is 5.74. The molecule has 21 heavy (non-hydrogen) atoms. The van der Waals surface area contributed by atoms with E-state index >= 15 is 0 Å². The molecule has 2 rings (SSSR count). The van der Waals surface area contributed by atoms with Gasteiger partial charge in [0, 0.05) is 13.2 Å². The second-order valence-electron chi connectivity index (χ2n) is 5.56. The Morgan fingerprint density at radius 2 is 1.95 bits per heavy atom. The van der Waals surface area contributed by atoms with Gasteiger partial charge in [-0.15, -0.1) is 0 Å². The van der Waals surface area contributed by atoms with Crippen LogP contribution >= 0.6 is 0 Å². The summed E-state index contributed by atoms with van der Waals surface area (Å²) in [5.74, 6) is -0.854. The summed E-state index contributed by atoms with van der Waals surface area (Å²) in [5.41, 5.74) is 0.150. The van der Waals surface area contributed by atoms with E-state index in [1.165, 1.54) is 0 Å². The van der Waals surface area contributed by atoms with Gasteiger partial charge in [0.15, 0.2) is 0 Å². The number of aliphatic carboxylic acids is 1. The third kappa shape index (κ3) is 4.52. The van der Waals surface area contributed by atoms with Gasteiger partial charge in [-0.3, -0.25) is 4.79 Å². The maximum atomic E-state index is 11.5. The van der Waals surface area contributed by atoms with E-state index in [0.717, 1.165) is 5.56 Å². The summed E-state index contributed by atoms with van der Waals surface area (Å²) in [6, 6.07) is 9.68. The molecule has 1 fully saturated rings. The number of benzene rings is 1. The lowest BCUT2D eigenvalue weighted by Gasteiger charge is -2.34. The molecule has 0 saturated carbocycles. The molecule has 0 radical (unpaired) electrons. The van der Waals surface area contributed by atoms with Gasteiger partial charge in [0.05, 0.1) is 24.7 Å². The van der Waals surface area contributed by atoms with Crippen LogP contribution in [0.1, 0.15) is 24.8 Å². The molecule has 1 heterocycles. The molecule has 1 atom stereocenters. The van der Waals surface area contributed by atoms with Crippen LogP contribution in [-0.2, 0) is 20.9 Å². The van der Waals surface area contributed by atoms with Gasteiger partial charge in [-0.05, 0) is 24.8 Å². The Morgan fingerprint density at radius 1 is 1.29 bits per heavy atom. The Hall–Kier alpha value is -1.43. The zero-order valence-electron chi connectivity index (χ0n) is 12.0. The fourth-order valence-corrected chi connectivity index (χ4v) is 2.66. The number of carbonyl (C=O) groups is 1. The first kappa shape index (κ1) is 15.9. The zero-order chi connectivity index (χ0) is 15.1. The van der Waals surface area contributed by atoms with E-state index in [0.29, 0.717) is 32.7 Å². The molecule has 1 saturated heterocycles. The smallest absolute Gasteiger partial charge is 0.309 e. The van der Waals surface area contributed by atoms with Gasteiger partial charge in [0.1, 0.15) is 0 Å². The van der Waals surface area contributed by atoms with Crippen LogP contribution in [0.3, 0.4) is 0 Å². The van der Waals surface area contributed by atoms with Crippen molar-refractivity contribution >= 4 is 5.97 Å². The number of carboxylic acids is 1. The number of aliphatic hydroxyl groups excluding tert-OH is 1. The lowest BCUT2D eigenvalue weighted by molar-refractivity contribution is -0.158. The molecule has 0 aliphatic carbocycles. The summed E-state index contributed by atoms with van der Waals surface area (Å²) in [6.45, 7) is 1.43. The first-order valence-electron chi connectivity index (χ1n) is 7.23. The second-order valence-corrected chi connectivity index (χ2v) is 5.56. The fraction of sp³-hybridized carbons (Fsp3) is 0.562. The van der Waals surface area contributed by atoms with Gasteiger partial charge in [-0.1, -0.05) is 30.3 Å². The van der Waals surface area contributed by atoms with Crippen molar-refractivity contribution in [2.75, 3.05) is 19.8 Å². The summed E-state index contributed by atoms with van der Waals surface area (Å²) >= 11 is 0. The van der Waals surface area contributed by atoms with Gasteiger partial charge in [-0.2, -0.15) is 0 Å². The molecule has 1 aliphatic rings. The van der Waals surface area contributed by atoms with Gasteiger partial charge >= 0.3 is 5.97 Å². The fourth-order valence-electron chi connectivity index (χ4n) is 2.66. The number of carboxylic acid groups (broad SMARTS) is 1. The number of hydrogen-bond acceptors (Lipinski definition) is 4. The molecule has 1 aromatic carbocycles. The third-order valence-corrected chi connectivity index (χ3v) is 3.95. The molecule has 5 heteroatoms. The van der Waals surface area contributed by atoms with Gasteiger partial charge in [0.25, 0.3) is 0 Å². The molecular formula is C16H22O5. The molecule has 2 N–H and O–H groups in total. The van der Waals surface area contributed by atoms with Crippen LogP contribution in [0.5, 0.6) is 0 Å². The molecular weight excluding hydrogens is 272 g/mol. The maximum Gasteiger partial charge on any atom is 0.309 e. The van der Waals surface area contributed by atoms with Crippen LogP contribution in [0, 0.1) is 5.41 Å². The first-order valence-corrected chi connectivity index (χ1v) is 7.23. The van der Waals surface area contributed by atoms with Crippen LogP contribution in [0.4, 0.5) is 0 Å². The third-order valence-electron chi connectivity index (χ3n) is 3.95. The van der Waals surface area contributed by atoms with E-state index in [1.807, 2.05) is 30.3 Å². The maximum absolute atomic E-state index is 11.5. The number of aliphatic hydroxyl groups is 1. The Balaban J connectivity index is 1.80. The Labute approximate surface area is 124 Å². The van der Waals surface area contributed by atoms with Crippen molar-refractivity contribution in [3.8, 4) is 0 Å². The average Bonchev–Trinajstić information content (AvgIpc) is 2.49. The van der Waals surface area contributed by atoms with Crippen LogP contribution in [0.15, 0.2) is 30.3 Å². The predicted molar refractivity (Wildman–Crippen MR) is 76.8 cm³/mol. The van der Waals surface area contributed by atoms with E-state index in [9.17, 15) is 15.0 Å².